The van der Waals surface area contributed by atoms with Gasteiger partial charge in [0.2, 0.25) is 0 Å². The van der Waals surface area contributed by atoms with Crippen LogP contribution in [0, 0.1) is 5.92 Å². The molecule has 108 valence electrons. The number of nitrogens with zero attached hydrogens (tertiary/aromatic N) is 1. The molecule has 0 fully saturated rings. The van der Waals surface area contributed by atoms with E-state index in [0.29, 0.717) is 12.5 Å². The highest BCUT2D eigenvalue weighted by atomic mass is 35.5. The third-order valence-electron chi connectivity index (χ3n) is 3.99. The highest BCUT2D eigenvalue weighted by Crippen LogP contribution is 2.25. The molecule has 1 atom stereocenters. The average Bonchev–Trinajstić information content (AvgIpc) is 2.38. The maximum Gasteiger partial charge on any atom is 0.0451 e. The van der Waals surface area contributed by atoms with Crippen LogP contribution in [0.1, 0.15) is 39.2 Å². The smallest absolute Gasteiger partial charge is 0.0451 e. The van der Waals surface area contributed by atoms with Gasteiger partial charge in [0, 0.05) is 23.7 Å². The molecule has 0 spiro atoms. The quantitative estimate of drug-likeness (QED) is 0.821. The summed E-state index contributed by atoms with van der Waals surface area (Å²) in [6, 6.07) is 8.02. The zero-order valence-corrected chi connectivity index (χ0v) is 13.4. The summed E-state index contributed by atoms with van der Waals surface area (Å²) in [5.74, 6) is 0.708. The number of likely N-dealkylation sites (N-methyl/N-ethyl adjacent to an activating group) is 1. The van der Waals surface area contributed by atoms with Gasteiger partial charge in [-0.05, 0) is 44.4 Å². The molecule has 19 heavy (non-hydrogen) atoms. The van der Waals surface area contributed by atoms with Crippen molar-refractivity contribution in [3.63, 3.8) is 0 Å². The molecule has 3 heteroatoms. The summed E-state index contributed by atoms with van der Waals surface area (Å²) < 4.78 is 0. The van der Waals surface area contributed by atoms with E-state index in [0.717, 1.165) is 23.6 Å². The topological polar surface area (TPSA) is 29.3 Å². The maximum absolute atomic E-state index is 6.23. The Morgan fingerprint density at radius 2 is 1.95 bits per heavy atom. The molecular formula is C16H27ClN2. The van der Waals surface area contributed by atoms with Gasteiger partial charge in [0.15, 0.2) is 0 Å². The minimum Gasteiger partial charge on any atom is -0.329 e. The lowest BCUT2D eigenvalue weighted by atomic mass is 9.90. The molecule has 1 unspecified atom stereocenters. The van der Waals surface area contributed by atoms with Crippen LogP contribution in [0.25, 0.3) is 0 Å². The van der Waals surface area contributed by atoms with E-state index in [9.17, 15) is 0 Å². The number of hydrogen-bond acceptors (Lipinski definition) is 2. The predicted molar refractivity (Wildman–Crippen MR) is 84.5 cm³/mol. The van der Waals surface area contributed by atoms with E-state index in [1.807, 2.05) is 18.2 Å². The molecule has 0 amide bonds. The molecule has 0 bridgehead atoms. The Hall–Kier alpha value is -0.570. The summed E-state index contributed by atoms with van der Waals surface area (Å²) in [4.78, 5) is 2.33. The Morgan fingerprint density at radius 3 is 2.47 bits per heavy atom. The van der Waals surface area contributed by atoms with E-state index < -0.39 is 0 Å². The zero-order chi connectivity index (χ0) is 14.5. The van der Waals surface area contributed by atoms with Gasteiger partial charge in [-0.25, -0.2) is 0 Å². The van der Waals surface area contributed by atoms with E-state index >= 15 is 0 Å². The van der Waals surface area contributed by atoms with Gasteiger partial charge in [0.25, 0.3) is 0 Å². The van der Waals surface area contributed by atoms with Gasteiger partial charge in [-0.1, -0.05) is 43.6 Å². The second kappa shape index (κ2) is 7.28. The van der Waals surface area contributed by atoms with Gasteiger partial charge in [-0.15, -0.1) is 0 Å². The van der Waals surface area contributed by atoms with Gasteiger partial charge >= 0.3 is 0 Å². The molecule has 0 radical (unpaired) electrons. The van der Waals surface area contributed by atoms with Gasteiger partial charge < -0.3 is 5.73 Å². The minimum absolute atomic E-state index is 0.0312. The van der Waals surface area contributed by atoms with Gasteiger partial charge in [0.05, 0.1) is 0 Å². The largest absolute Gasteiger partial charge is 0.329 e. The second-order valence-electron chi connectivity index (χ2n) is 6.08. The van der Waals surface area contributed by atoms with Crippen molar-refractivity contribution < 1.29 is 0 Å². The first-order chi connectivity index (χ1) is 8.89. The lowest BCUT2D eigenvalue weighted by Gasteiger charge is -2.39. The van der Waals surface area contributed by atoms with E-state index in [-0.39, 0.29) is 5.54 Å². The van der Waals surface area contributed by atoms with E-state index in [2.05, 4.69) is 38.8 Å². The Balaban J connectivity index is 2.73. The van der Waals surface area contributed by atoms with Crippen LogP contribution < -0.4 is 5.73 Å². The molecule has 0 heterocycles. The zero-order valence-electron chi connectivity index (χ0n) is 12.6. The predicted octanol–water partition coefficient (Wildman–Crippen LogP) is 3.93. The highest BCUT2D eigenvalue weighted by Gasteiger charge is 2.27. The van der Waals surface area contributed by atoms with Crippen molar-refractivity contribution in [3.8, 4) is 0 Å². The van der Waals surface area contributed by atoms with E-state index in [1.165, 1.54) is 6.42 Å². The number of benzene rings is 1. The van der Waals surface area contributed by atoms with Crippen LogP contribution in [-0.4, -0.2) is 24.0 Å². The normalized spacial score (nSPS) is 14.9. The van der Waals surface area contributed by atoms with Crippen LogP contribution in [-0.2, 0) is 6.54 Å². The molecular weight excluding hydrogens is 256 g/mol. The summed E-state index contributed by atoms with van der Waals surface area (Å²) in [7, 11) is 2.14. The highest BCUT2D eigenvalue weighted by molar-refractivity contribution is 6.31. The van der Waals surface area contributed by atoms with Gasteiger partial charge in [-0.3, -0.25) is 4.90 Å². The van der Waals surface area contributed by atoms with E-state index in [4.69, 9.17) is 17.3 Å². The van der Waals surface area contributed by atoms with E-state index in [1.54, 1.807) is 0 Å². The summed E-state index contributed by atoms with van der Waals surface area (Å²) in [6.45, 7) is 8.26. The number of rotatable bonds is 7. The van der Waals surface area contributed by atoms with Crippen LogP contribution in [0.3, 0.4) is 0 Å². The Kier molecular flexibility index (Phi) is 6.31. The molecule has 0 aromatic heterocycles. The first kappa shape index (κ1) is 16.5. The first-order valence-electron chi connectivity index (χ1n) is 7.04. The van der Waals surface area contributed by atoms with Gasteiger partial charge in [0.1, 0.15) is 0 Å². The van der Waals surface area contributed by atoms with Crippen molar-refractivity contribution in [1.82, 2.24) is 4.90 Å². The monoisotopic (exact) mass is 282 g/mol. The lowest BCUT2D eigenvalue weighted by molar-refractivity contribution is 0.119. The summed E-state index contributed by atoms with van der Waals surface area (Å²) >= 11 is 6.23. The number of halogens is 1. The molecule has 0 saturated carbocycles. The summed E-state index contributed by atoms with van der Waals surface area (Å²) in [5, 5.41) is 0.831. The lowest BCUT2D eigenvalue weighted by Crippen LogP contribution is -2.49. The fourth-order valence-electron chi connectivity index (χ4n) is 2.12. The van der Waals surface area contributed by atoms with Crippen LogP contribution in [0.15, 0.2) is 24.3 Å². The van der Waals surface area contributed by atoms with Crippen molar-refractivity contribution in [3.05, 3.63) is 34.9 Å². The molecule has 0 aliphatic heterocycles. The molecule has 0 aliphatic rings. The Labute approximate surface area is 122 Å². The third-order valence-corrected chi connectivity index (χ3v) is 4.36. The molecule has 0 saturated heterocycles. The van der Waals surface area contributed by atoms with Crippen molar-refractivity contribution in [1.29, 1.82) is 0 Å². The molecule has 1 rings (SSSR count). The van der Waals surface area contributed by atoms with Crippen LogP contribution >= 0.6 is 11.6 Å². The van der Waals surface area contributed by atoms with Crippen LogP contribution in [0.5, 0.6) is 0 Å². The van der Waals surface area contributed by atoms with Crippen molar-refractivity contribution in [2.45, 2.75) is 45.7 Å². The SMILES string of the molecule is CC(C)CCC(C)(CN)N(C)Cc1ccccc1Cl. The average molecular weight is 283 g/mol. The van der Waals surface area contributed by atoms with Crippen molar-refractivity contribution in [2.24, 2.45) is 11.7 Å². The fraction of sp³-hybridized carbons (Fsp3) is 0.625. The Bertz CT molecular complexity index is 392. The second-order valence-corrected chi connectivity index (χ2v) is 6.49. The first-order valence-corrected chi connectivity index (χ1v) is 7.41. The van der Waals surface area contributed by atoms with Crippen molar-refractivity contribution >= 4 is 11.6 Å². The molecule has 1 aromatic carbocycles. The summed E-state index contributed by atoms with van der Waals surface area (Å²) in [6.07, 6.45) is 2.31. The molecule has 1 aromatic rings. The molecule has 2 N–H and O–H groups in total. The Morgan fingerprint density at radius 1 is 1.32 bits per heavy atom. The number of hydrogen-bond donors (Lipinski definition) is 1. The fourth-order valence-corrected chi connectivity index (χ4v) is 2.32. The van der Waals surface area contributed by atoms with Gasteiger partial charge in [-0.2, -0.15) is 0 Å². The van der Waals surface area contributed by atoms with Crippen LogP contribution in [0.4, 0.5) is 0 Å². The van der Waals surface area contributed by atoms with Crippen molar-refractivity contribution in [2.75, 3.05) is 13.6 Å². The molecule has 2 nitrogen and oxygen atoms in total. The summed E-state index contributed by atoms with van der Waals surface area (Å²) in [5.41, 5.74) is 7.21. The number of nitrogens with two attached hydrogens (primary N) is 1. The third kappa shape index (κ3) is 4.79. The maximum atomic E-state index is 6.23. The standard InChI is InChI=1S/C16H27ClN2/c1-13(2)9-10-16(3,12-18)19(4)11-14-7-5-6-8-15(14)17/h5-8,13H,9-12,18H2,1-4H3. The van der Waals surface area contributed by atoms with Crippen LogP contribution in [0.2, 0.25) is 5.02 Å². The minimum atomic E-state index is 0.0312. The molecule has 0 aliphatic carbocycles.